The first-order valence-corrected chi connectivity index (χ1v) is 12.7. The van der Waals surface area contributed by atoms with Gasteiger partial charge in [0, 0.05) is 40.7 Å². The van der Waals surface area contributed by atoms with E-state index < -0.39 is 17.5 Å². The summed E-state index contributed by atoms with van der Waals surface area (Å²) in [7, 11) is 6.31. The molecule has 37 heavy (non-hydrogen) atoms. The van der Waals surface area contributed by atoms with E-state index in [1.54, 1.807) is 43.2 Å². The van der Waals surface area contributed by atoms with Gasteiger partial charge in [0.25, 0.3) is 0 Å². The van der Waals surface area contributed by atoms with Crippen molar-refractivity contribution in [1.29, 1.82) is 0 Å². The van der Waals surface area contributed by atoms with Crippen LogP contribution in [-0.2, 0) is 5.75 Å². The summed E-state index contributed by atoms with van der Waals surface area (Å²) in [6.07, 6.45) is 1.63. The number of hydrogen-bond donors (Lipinski definition) is 0. The molecule has 0 N–H and O–H groups in total. The van der Waals surface area contributed by atoms with E-state index >= 15 is 0 Å². The Kier molecular flexibility index (Phi) is 8.23. The van der Waals surface area contributed by atoms with Crippen molar-refractivity contribution >= 4 is 39.2 Å². The molecule has 0 amide bonds. The van der Waals surface area contributed by atoms with E-state index in [-0.39, 0.29) is 17.1 Å². The normalized spacial score (nSPS) is 10.9. The molecule has 0 saturated carbocycles. The lowest BCUT2D eigenvalue weighted by Crippen LogP contribution is -2.14. The van der Waals surface area contributed by atoms with Crippen LogP contribution in [0.15, 0.2) is 64.4 Å². The van der Waals surface area contributed by atoms with E-state index in [9.17, 15) is 13.2 Å². The van der Waals surface area contributed by atoms with Gasteiger partial charge in [-0.15, -0.1) is 0 Å². The molecule has 194 valence electrons. The molecule has 1 aromatic heterocycles. The molecule has 0 saturated heterocycles. The standard InChI is InChI=1S/C26H23BrF3N3O3S/c1-32(16-6-8-22(34-2)24(11-16)36-4)25-13-31-26(33(25)17-5-7-19(28)23(12-17)35-3)37-14-18-20(29)9-15(27)10-21(18)30/h5-13H,14H2,1-4H3. The van der Waals surface area contributed by atoms with Crippen LogP contribution in [0.3, 0.4) is 0 Å². The average molecular weight is 594 g/mol. The van der Waals surface area contributed by atoms with Crippen molar-refractivity contribution < 1.29 is 27.4 Å². The predicted molar refractivity (Wildman–Crippen MR) is 141 cm³/mol. The van der Waals surface area contributed by atoms with Gasteiger partial charge in [-0.05, 0) is 36.4 Å². The van der Waals surface area contributed by atoms with Crippen LogP contribution in [0.1, 0.15) is 5.56 Å². The average Bonchev–Trinajstić information content (AvgIpc) is 3.31. The number of imidazole rings is 1. The highest BCUT2D eigenvalue weighted by Crippen LogP contribution is 2.38. The highest BCUT2D eigenvalue weighted by molar-refractivity contribution is 9.10. The highest BCUT2D eigenvalue weighted by atomic mass is 79.9. The first-order chi connectivity index (χ1) is 17.8. The van der Waals surface area contributed by atoms with Gasteiger partial charge in [0.2, 0.25) is 0 Å². The Morgan fingerprint density at radius 1 is 0.865 bits per heavy atom. The summed E-state index contributed by atoms with van der Waals surface area (Å²) < 4.78 is 61.2. The minimum absolute atomic E-state index is 0.0141. The molecule has 3 aromatic carbocycles. The summed E-state index contributed by atoms with van der Waals surface area (Å²) in [5, 5.41) is 0.442. The van der Waals surface area contributed by atoms with E-state index in [1.165, 1.54) is 31.4 Å². The third-order valence-corrected chi connectivity index (χ3v) is 7.09. The van der Waals surface area contributed by atoms with Gasteiger partial charge in [0.05, 0.1) is 33.2 Å². The van der Waals surface area contributed by atoms with E-state index in [4.69, 9.17) is 14.2 Å². The van der Waals surface area contributed by atoms with Gasteiger partial charge in [0.15, 0.2) is 28.2 Å². The number of methoxy groups -OCH3 is 3. The first-order valence-electron chi connectivity index (χ1n) is 10.9. The molecule has 0 radical (unpaired) electrons. The van der Waals surface area contributed by atoms with Crippen LogP contribution in [0, 0.1) is 17.5 Å². The van der Waals surface area contributed by atoms with E-state index in [0.29, 0.717) is 32.6 Å². The number of aromatic nitrogens is 2. The monoisotopic (exact) mass is 593 g/mol. The van der Waals surface area contributed by atoms with Crippen molar-refractivity contribution in [1.82, 2.24) is 9.55 Å². The Balaban J connectivity index is 1.78. The largest absolute Gasteiger partial charge is 0.494 e. The molecular formula is C26H23BrF3N3O3S. The minimum atomic E-state index is -0.663. The summed E-state index contributed by atoms with van der Waals surface area (Å²) in [6.45, 7) is 0. The molecule has 0 aliphatic carbocycles. The van der Waals surface area contributed by atoms with Crippen molar-refractivity contribution in [3.05, 3.63) is 82.2 Å². The summed E-state index contributed by atoms with van der Waals surface area (Å²) in [5.74, 6) is -0.0864. The van der Waals surface area contributed by atoms with Crippen LogP contribution < -0.4 is 19.1 Å². The van der Waals surface area contributed by atoms with Crippen LogP contribution in [0.2, 0.25) is 0 Å². The second-order valence-corrected chi connectivity index (χ2v) is 9.65. The maximum Gasteiger partial charge on any atom is 0.174 e. The number of hydrogen-bond acceptors (Lipinski definition) is 6. The van der Waals surface area contributed by atoms with E-state index in [0.717, 1.165) is 17.4 Å². The summed E-state index contributed by atoms with van der Waals surface area (Å²) in [6, 6.07) is 12.3. The molecule has 4 rings (SSSR count). The van der Waals surface area contributed by atoms with Crippen LogP contribution in [0.25, 0.3) is 5.69 Å². The second kappa shape index (κ2) is 11.4. The smallest absolute Gasteiger partial charge is 0.174 e. The molecule has 0 fully saturated rings. The lowest BCUT2D eigenvalue weighted by Gasteiger charge is -2.23. The zero-order valence-corrected chi connectivity index (χ0v) is 22.8. The molecule has 0 spiro atoms. The Morgan fingerprint density at radius 3 is 2.19 bits per heavy atom. The zero-order chi connectivity index (χ0) is 26.7. The molecule has 4 aromatic rings. The third kappa shape index (κ3) is 5.52. The Hall–Kier alpha value is -3.31. The van der Waals surface area contributed by atoms with Crippen LogP contribution in [-0.4, -0.2) is 37.9 Å². The Morgan fingerprint density at radius 2 is 1.54 bits per heavy atom. The summed E-state index contributed by atoms with van der Waals surface area (Å²) in [5.41, 5.74) is 1.24. The number of rotatable bonds is 9. The highest BCUT2D eigenvalue weighted by Gasteiger charge is 2.21. The fourth-order valence-electron chi connectivity index (χ4n) is 3.71. The predicted octanol–water partition coefficient (Wildman–Crippen LogP) is 7.14. The van der Waals surface area contributed by atoms with Crippen molar-refractivity contribution in [2.24, 2.45) is 0 Å². The van der Waals surface area contributed by atoms with Crippen molar-refractivity contribution in [3.63, 3.8) is 0 Å². The number of thioether (sulfide) groups is 1. The molecule has 0 unspecified atom stereocenters. The Bertz CT molecular complexity index is 1410. The fraction of sp³-hybridized carbons (Fsp3) is 0.192. The molecule has 0 aliphatic heterocycles. The molecule has 0 bridgehead atoms. The Labute approximate surface area is 225 Å². The van der Waals surface area contributed by atoms with E-state index in [2.05, 4.69) is 20.9 Å². The van der Waals surface area contributed by atoms with Crippen molar-refractivity contribution in [3.8, 4) is 22.9 Å². The molecule has 1 heterocycles. The minimum Gasteiger partial charge on any atom is -0.494 e. The molecule has 0 aliphatic rings. The lowest BCUT2D eigenvalue weighted by atomic mass is 10.2. The van der Waals surface area contributed by atoms with Gasteiger partial charge in [-0.2, -0.15) is 0 Å². The second-order valence-electron chi connectivity index (χ2n) is 7.79. The molecular weight excluding hydrogens is 571 g/mol. The molecule has 0 atom stereocenters. The first kappa shape index (κ1) is 26.7. The summed E-state index contributed by atoms with van der Waals surface area (Å²) >= 11 is 4.24. The number of benzene rings is 3. The molecule has 6 nitrogen and oxygen atoms in total. The topological polar surface area (TPSA) is 48.8 Å². The maximum absolute atomic E-state index is 14.5. The number of halogens is 4. The van der Waals surface area contributed by atoms with E-state index in [1.807, 2.05) is 18.0 Å². The SMILES string of the molecule is COc1cc(-n2c(N(C)c3ccc(OC)c(OC)c3)cnc2SCc2c(F)cc(Br)cc2F)ccc1F. The maximum atomic E-state index is 14.5. The third-order valence-electron chi connectivity index (χ3n) is 5.65. The van der Waals surface area contributed by atoms with Gasteiger partial charge in [-0.1, -0.05) is 27.7 Å². The van der Waals surface area contributed by atoms with Gasteiger partial charge in [-0.3, -0.25) is 4.57 Å². The van der Waals surface area contributed by atoms with Crippen molar-refractivity contribution in [2.75, 3.05) is 33.3 Å². The number of anilines is 2. The number of ether oxygens (including phenoxy) is 3. The van der Waals surface area contributed by atoms with Crippen LogP contribution in [0.5, 0.6) is 17.2 Å². The summed E-state index contributed by atoms with van der Waals surface area (Å²) in [4.78, 5) is 6.38. The van der Waals surface area contributed by atoms with Gasteiger partial charge in [-0.25, -0.2) is 18.2 Å². The van der Waals surface area contributed by atoms with Crippen molar-refractivity contribution in [2.45, 2.75) is 10.9 Å². The lowest BCUT2D eigenvalue weighted by molar-refractivity contribution is 0.355. The van der Waals surface area contributed by atoms with Crippen LogP contribution >= 0.6 is 27.7 Å². The van der Waals surface area contributed by atoms with Crippen LogP contribution in [0.4, 0.5) is 24.7 Å². The zero-order valence-electron chi connectivity index (χ0n) is 20.4. The van der Waals surface area contributed by atoms with Gasteiger partial charge >= 0.3 is 0 Å². The quantitative estimate of drug-likeness (QED) is 0.192. The molecule has 11 heteroatoms. The fourth-order valence-corrected chi connectivity index (χ4v) is 5.11. The van der Waals surface area contributed by atoms with Gasteiger partial charge < -0.3 is 19.1 Å². The number of nitrogens with zero attached hydrogens (tertiary/aromatic N) is 3. The van der Waals surface area contributed by atoms with Gasteiger partial charge in [0.1, 0.15) is 17.5 Å².